The Morgan fingerprint density at radius 1 is 1.41 bits per heavy atom. The van der Waals surface area contributed by atoms with Gasteiger partial charge in [0.1, 0.15) is 5.82 Å². The van der Waals surface area contributed by atoms with Crippen LogP contribution in [0.25, 0.3) is 0 Å². The molecule has 1 rings (SSSR count). The predicted octanol–water partition coefficient (Wildman–Crippen LogP) is 4.42. The standard InChI is InChI=1S/C13H18FNO2/c1-3-5-6-10(4-2)12-8-7-11(15(16)17)9-13(12)14/h7-10H,3-6H2,1-2H3. The van der Waals surface area contributed by atoms with Crippen LogP contribution in [0, 0.1) is 15.9 Å². The van der Waals surface area contributed by atoms with Crippen LogP contribution in [-0.4, -0.2) is 4.92 Å². The van der Waals surface area contributed by atoms with E-state index in [4.69, 9.17) is 0 Å². The van der Waals surface area contributed by atoms with Gasteiger partial charge in [-0.1, -0.05) is 26.7 Å². The van der Waals surface area contributed by atoms with E-state index in [-0.39, 0.29) is 11.6 Å². The van der Waals surface area contributed by atoms with Crippen LogP contribution in [0.5, 0.6) is 0 Å². The Labute approximate surface area is 101 Å². The summed E-state index contributed by atoms with van der Waals surface area (Å²) in [4.78, 5) is 9.95. The first kappa shape index (κ1) is 13.6. The lowest BCUT2D eigenvalue weighted by atomic mass is 9.91. The van der Waals surface area contributed by atoms with Crippen LogP contribution in [0.3, 0.4) is 0 Å². The molecule has 0 amide bonds. The van der Waals surface area contributed by atoms with Crippen molar-refractivity contribution < 1.29 is 9.31 Å². The number of benzene rings is 1. The molecular formula is C13H18FNO2. The van der Waals surface area contributed by atoms with E-state index in [1.54, 1.807) is 6.07 Å². The molecule has 17 heavy (non-hydrogen) atoms. The van der Waals surface area contributed by atoms with Gasteiger partial charge < -0.3 is 0 Å². The third-order valence-corrected chi connectivity index (χ3v) is 3.03. The molecule has 0 saturated heterocycles. The minimum atomic E-state index is -0.570. The van der Waals surface area contributed by atoms with Crippen molar-refractivity contribution in [2.24, 2.45) is 0 Å². The first-order chi connectivity index (χ1) is 8.10. The maximum atomic E-state index is 13.8. The van der Waals surface area contributed by atoms with Crippen LogP contribution in [0.4, 0.5) is 10.1 Å². The number of nitro benzene ring substituents is 1. The molecule has 1 aromatic carbocycles. The van der Waals surface area contributed by atoms with Crippen molar-refractivity contribution >= 4 is 5.69 Å². The summed E-state index contributed by atoms with van der Waals surface area (Å²) in [7, 11) is 0. The van der Waals surface area contributed by atoms with E-state index in [0.29, 0.717) is 5.56 Å². The molecule has 0 saturated carbocycles. The molecule has 3 nitrogen and oxygen atoms in total. The summed E-state index contributed by atoms with van der Waals surface area (Å²) >= 11 is 0. The van der Waals surface area contributed by atoms with Gasteiger partial charge in [-0.3, -0.25) is 10.1 Å². The summed E-state index contributed by atoms with van der Waals surface area (Å²) in [6.45, 7) is 4.11. The van der Waals surface area contributed by atoms with Gasteiger partial charge in [-0.05, 0) is 30.4 Å². The first-order valence-corrected chi connectivity index (χ1v) is 6.04. The molecule has 0 aliphatic heterocycles. The Kier molecular flexibility index (Phi) is 5.07. The molecule has 0 fully saturated rings. The largest absolute Gasteiger partial charge is 0.272 e. The van der Waals surface area contributed by atoms with Gasteiger partial charge in [-0.15, -0.1) is 0 Å². The van der Waals surface area contributed by atoms with Crippen molar-refractivity contribution in [2.45, 2.75) is 45.4 Å². The Morgan fingerprint density at radius 3 is 2.59 bits per heavy atom. The summed E-state index contributed by atoms with van der Waals surface area (Å²) in [6.07, 6.45) is 3.91. The van der Waals surface area contributed by atoms with Gasteiger partial charge in [0.25, 0.3) is 5.69 Å². The van der Waals surface area contributed by atoms with Crippen LogP contribution < -0.4 is 0 Å². The van der Waals surface area contributed by atoms with Crippen LogP contribution >= 0.6 is 0 Å². The molecule has 0 aliphatic carbocycles. The Morgan fingerprint density at radius 2 is 2.12 bits per heavy atom. The number of nitro groups is 1. The monoisotopic (exact) mass is 239 g/mol. The van der Waals surface area contributed by atoms with E-state index in [9.17, 15) is 14.5 Å². The fourth-order valence-corrected chi connectivity index (χ4v) is 1.99. The molecule has 1 unspecified atom stereocenters. The quantitative estimate of drug-likeness (QED) is 0.544. The lowest BCUT2D eigenvalue weighted by Crippen LogP contribution is -2.01. The highest BCUT2D eigenvalue weighted by atomic mass is 19.1. The Balaban J connectivity index is 2.92. The zero-order valence-corrected chi connectivity index (χ0v) is 10.3. The average Bonchev–Trinajstić information content (AvgIpc) is 2.31. The van der Waals surface area contributed by atoms with Crippen molar-refractivity contribution in [1.82, 2.24) is 0 Å². The van der Waals surface area contributed by atoms with Gasteiger partial charge >= 0.3 is 0 Å². The number of rotatable bonds is 6. The Bertz CT molecular complexity index is 393. The second kappa shape index (κ2) is 6.33. The van der Waals surface area contributed by atoms with E-state index in [0.717, 1.165) is 31.7 Å². The average molecular weight is 239 g/mol. The van der Waals surface area contributed by atoms with Gasteiger partial charge in [0.15, 0.2) is 0 Å². The first-order valence-electron chi connectivity index (χ1n) is 6.04. The SMILES string of the molecule is CCCCC(CC)c1ccc([N+](=O)[O-])cc1F. The molecular weight excluding hydrogens is 221 g/mol. The maximum Gasteiger partial charge on any atom is 0.272 e. The molecule has 94 valence electrons. The molecule has 0 heterocycles. The molecule has 1 aromatic rings. The smallest absolute Gasteiger partial charge is 0.258 e. The van der Waals surface area contributed by atoms with E-state index in [1.807, 2.05) is 6.92 Å². The molecule has 0 spiro atoms. The predicted molar refractivity (Wildman–Crippen MR) is 65.6 cm³/mol. The lowest BCUT2D eigenvalue weighted by molar-refractivity contribution is -0.385. The fourth-order valence-electron chi connectivity index (χ4n) is 1.99. The number of halogens is 1. The van der Waals surface area contributed by atoms with E-state index < -0.39 is 10.7 Å². The molecule has 1 atom stereocenters. The van der Waals surface area contributed by atoms with Gasteiger partial charge in [0, 0.05) is 6.07 Å². The van der Waals surface area contributed by atoms with Crippen molar-refractivity contribution in [2.75, 3.05) is 0 Å². The number of hydrogen-bond donors (Lipinski definition) is 0. The van der Waals surface area contributed by atoms with Crippen molar-refractivity contribution in [3.8, 4) is 0 Å². The van der Waals surface area contributed by atoms with Crippen molar-refractivity contribution in [1.29, 1.82) is 0 Å². The number of unbranched alkanes of at least 4 members (excludes halogenated alkanes) is 1. The summed E-state index contributed by atoms with van der Waals surface area (Å²) in [6, 6.07) is 3.95. The summed E-state index contributed by atoms with van der Waals surface area (Å²) in [5.74, 6) is -0.294. The minimum Gasteiger partial charge on any atom is -0.258 e. The van der Waals surface area contributed by atoms with Crippen molar-refractivity contribution in [3.63, 3.8) is 0 Å². The van der Waals surface area contributed by atoms with Gasteiger partial charge in [-0.25, -0.2) is 4.39 Å². The lowest BCUT2D eigenvalue weighted by Gasteiger charge is -2.15. The number of hydrogen-bond acceptors (Lipinski definition) is 2. The highest BCUT2D eigenvalue weighted by Crippen LogP contribution is 2.29. The van der Waals surface area contributed by atoms with Crippen LogP contribution in [0.2, 0.25) is 0 Å². The second-order valence-corrected chi connectivity index (χ2v) is 4.21. The van der Waals surface area contributed by atoms with Gasteiger partial charge in [-0.2, -0.15) is 0 Å². The summed E-state index contributed by atoms with van der Waals surface area (Å²) in [5, 5.41) is 10.5. The third kappa shape index (κ3) is 3.51. The topological polar surface area (TPSA) is 43.1 Å². The highest BCUT2D eigenvalue weighted by molar-refractivity contribution is 5.35. The van der Waals surface area contributed by atoms with E-state index in [2.05, 4.69) is 6.92 Å². The second-order valence-electron chi connectivity index (χ2n) is 4.21. The Hall–Kier alpha value is -1.45. The molecule has 0 aliphatic rings. The molecule has 0 radical (unpaired) electrons. The molecule has 0 aromatic heterocycles. The fraction of sp³-hybridized carbons (Fsp3) is 0.538. The number of non-ortho nitro benzene ring substituents is 1. The zero-order valence-electron chi connectivity index (χ0n) is 10.3. The summed E-state index contributed by atoms with van der Waals surface area (Å²) in [5.41, 5.74) is 0.420. The molecule has 0 N–H and O–H groups in total. The van der Waals surface area contributed by atoms with Crippen molar-refractivity contribution in [3.05, 3.63) is 39.7 Å². The molecule has 0 bridgehead atoms. The number of nitrogens with zero attached hydrogens (tertiary/aromatic N) is 1. The third-order valence-electron chi connectivity index (χ3n) is 3.03. The molecule has 4 heteroatoms. The van der Waals surface area contributed by atoms with Crippen LogP contribution in [-0.2, 0) is 0 Å². The minimum absolute atomic E-state index is 0.163. The van der Waals surface area contributed by atoms with Crippen LogP contribution in [0.1, 0.15) is 51.0 Å². The maximum absolute atomic E-state index is 13.8. The van der Waals surface area contributed by atoms with E-state index in [1.165, 1.54) is 6.07 Å². The van der Waals surface area contributed by atoms with E-state index >= 15 is 0 Å². The summed E-state index contributed by atoms with van der Waals surface area (Å²) < 4.78 is 13.8. The van der Waals surface area contributed by atoms with Gasteiger partial charge in [0.05, 0.1) is 11.0 Å². The normalized spacial score (nSPS) is 12.4. The zero-order chi connectivity index (χ0) is 12.8. The van der Waals surface area contributed by atoms with Gasteiger partial charge in [0.2, 0.25) is 0 Å². The highest BCUT2D eigenvalue weighted by Gasteiger charge is 2.16. The van der Waals surface area contributed by atoms with Crippen LogP contribution in [0.15, 0.2) is 18.2 Å².